The van der Waals surface area contributed by atoms with Gasteiger partial charge in [-0.2, -0.15) is 13.2 Å². The van der Waals surface area contributed by atoms with E-state index in [1.165, 1.54) is 11.8 Å². The Morgan fingerprint density at radius 3 is 2.50 bits per heavy atom. The summed E-state index contributed by atoms with van der Waals surface area (Å²) in [6.45, 7) is 4.01. The summed E-state index contributed by atoms with van der Waals surface area (Å²) in [4.78, 5) is 3.85. The fraction of sp³-hybridized carbons (Fsp3) is 0.357. The van der Waals surface area contributed by atoms with E-state index < -0.39 is 17.2 Å². The Kier molecular flexibility index (Phi) is 4.15. The Morgan fingerprint density at radius 1 is 1.25 bits per heavy atom. The summed E-state index contributed by atoms with van der Waals surface area (Å²) in [5.74, 6) is 0. The average molecular weight is 300 g/mol. The van der Waals surface area contributed by atoms with Gasteiger partial charge in [0, 0.05) is 17.1 Å². The van der Waals surface area contributed by atoms with Crippen molar-refractivity contribution in [2.75, 3.05) is 0 Å². The molecule has 2 N–H and O–H groups in total. The van der Waals surface area contributed by atoms with E-state index in [-0.39, 0.29) is 0 Å². The number of alkyl halides is 3. The van der Waals surface area contributed by atoms with Gasteiger partial charge in [-0.25, -0.2) is 4.98 Å². The summed E-state index contributed by atoms with van der Waals surface area (Å²) in [5.41, 5.74) is 9.32. The lowest BCUT2D eigenvalue weighted by atomic mass is 10.0. The van der Waals surface area contributed by atoms with Gasteiger partial charge in [0.25, 0.3) is 0 Å². The third-order valence-corrected chi connectivity index (χ3v) is 4.33. The lowest BCUT2D eigenvalue weighted by Crippen LogP contribution is -2.12. The minimum atomic E-state index is -4.40. The minimum absolute atomic E-state index is 0.454. The van der Waals surface area contributed by atoms with Crippen molar-refractivity contribution in [1.29, 1.82) is 0 Å². The van der Waals surface area contributed by atoms with Gasteiger partial charge >= 0.3 is 6.18 Å². The molecule has 0 amide bonds. The monoisotopic (exact) mass is 300 g/mol. The Labute approximate surface area is 119 Å². The van der Waals surface area contributed by atoms with Crippen molar-refractivity contribution in [3.63, 3.8) is 0 Å². The Hall–Kier alpha value is -1.40. The molecule has 0 bridgehead atoms. The Balaban J connectivity index is 2.13. The van der Waals surface area contributed by atoms with Crippen LogP contribution in [0.2, 0.25) is 0 Å². The number of hydrogen-bond acceptors (Lipinski definition) is 3. The summed E-state index contributed by atoms with van der Waals surface area (Å²) in [7, 11) is 0. The van der Waals surface area contributed by atoms with Crippen LogP contribution in [0.4, 0.5) is 13.2 Å². The molecule has 0 fully saturated rings. The largest absolute Gasteiger partial charge is 0.443 e. The van der Waals surface area contributed by atoms with Crippen molar-refractivity contribution >= 4 is 11.3 Å². The fourth-order valence-electron chi connectivity index (χ4n) is 1.87. The van der Waals surface area contributed by atoms with Crippen molar-refractivity contribution in [3.8, 4) is 0 Å². The maximum atomic E-state index is 12.5. The highest BCUT2D eigenvalue weighted by molar-refractivity contribution is 7.11. The van der Waals surface area contributed by atoms with Crippen LogP contribution in [-0.2, 0) is 12.6 Å². The number of rotatable bonds is 3. The van der Waals surface area contributed by atoms with Gasteiger partial charge in [0.2, 0.25) is 0 Å². The summed E-state index contributed by atoms with van der Waals surface area (Å²) >= 11 is 0.613. The Bertz CT molecular complexity index is 605. The zero-order valence-corrected chi connectivity index (χ0v) is 12.0. The molecule has 0 aliphatic carbocycles. The van der Waals surface area contributed by atoms with E-state index in [0.29, 0.717) is 22.6 Å². The van der Waals surface area contributed by atoms with Gasteiger partial charge in [0.1, 0.15) is 0 Å². The first kappa shape index (κ1) is 15.0. The highest BCUT2D eigenvalue weighted by Crippen LogP contribution is 2.34. The van der Waals surface area contributed by atoms with Gasteiger partial charge in [0.15, 0.2) is 5.01 Å². The molecule has 6 heteroatoms. The van der Waals surface area contributed by atoms with Crippen LogP contribution >= 0.6 is 11.3 Å². The van der Waals surface area contributed by atoms with Crippen LogP contribution in [0.25, 0.3) is 0 Å². The second kappa shape index (κ2) is 5.54. The Morgan fingerprint density at radius 2 is 1.95 bits per heavy atom. The van der Waals surface area contributed by atoms with E-state index >= 15 is 0 Å². The zero-order chi connectivity index (χ0) is 14.9. The lowest BCUT2D eigenvalue weighted by Gasteiger charge is -2.10. The maximum absolute atomic E-state index is 12.5. The molecule has 2 nitrogen and oxygen atoms in total. The summed E-state index contributed by atoms with van der Waals surface area (Å²) < 4.78 is 37.5. The lowest BCUT2D eigenvalue weighted by molar-refractivity contribution is -0.137. The quantitative estimate of drug-likeness (QED) is 0.929. The number of aromatic nitrogens is 1. The number of benzene rings is 1. The summed E-state index contributed by atoms with van der Waals surface area (Å²) in [5, 5.41) is -0.844. The van der Waals surface area contributed by atoms with Gasteiger partial charge in [0.05, 0.1) is 0 Å². The summed E-state index contributed by atoms with van der Waals surface area (Å²) in [6.07, 6.45) is -2.68. The van der Waals surface area contributed by atoms with Crippen molar-refractivity contribution in [3.05, 3.63) is 51.0 Å². The zero-order valence-electron chi connectivity index (χ0n) is 11.2. The first-order valence-electron chi connectivity index (χ1n) is 6.12. The van der Waals surface area contributed by atoms with Crippen LogP contribution in [-0.4, -0.2) is 4.98 Å². The molecule has 0 aliphatic heterocycles. The van der Waals surface area contributed by atoms with Crippen LogP contribution in [0.15, 0.2) is 24.4 Å². The standard InChI is InChI=1S/C14H15F3N2S/c1-8-3-4-10(5-9(8)2)6-11(18)12-7-19-13(20-12)14(15,16)17/h3-5,7,11H,6,18H2,1-2H3. The van der Waals surface area contributed by atoms with Crippen LogP contribution in [0.3, 0.4) is 0 Å². The molecule has 0 saturated carbocycles. The number of thiazole rings is 1. The molecule has 0 saturated heterocycles. The van der Waals surface area contributed by atoms with Gasteiger partial charge in [-0.05, 0) is 37.0 Å². The molecular formula is C14H15F3N2S. The third-order valence-electron chi connectivity index (χ3n) is 3.16. The van der Waals surface area contributed by atoms with Crippen molar-refractivity contribution in [1.82, 2.24) is 4.98 Å². The van der Waals surface area contributed by atoms with Crippen molar-refractivity contribution in [2.45, 2.75) is 32.5 Å². The number of aryl methyl sites for hydroxylation is 2. The van der Waals surface area contributed by atoms with Gasteiger partial charge in [-0.15, -0.1) is 11.3 Å². The molecule has 1 aromatic carbocycles. The third kappa shape index (κ3) is 3.37. The highest BCUT2D eigenvalue weighted by atomic mass is 32.1. The second-order valence-corrected chi connectivity index (χ2v) is 5.86. The second-order valence-electron chi connectivity index (χ2n) is 4.79. The van der Waals surface area contributed by atoms with Crippen molar-refractivity contribution in [2.24, 2.45) is 5.73 Å². The van der Waals surface area contributed by atoms with E-state index in [1.54, 1.807) is 0 Å². The van der Waals surface area contributed by atoms with Gasteiger partial charge < -0.3 is 5.73 Å². The van der Waals surface area contributed by atoms with E-state index in [2.05, 4.69) is 4.98 Å². The average Bonchev–Trinajstić information content (AvgIpc) is 2.83. The molecular weight excluding hydrogens is 285 g/mol. The first-order valence-corrected chi connectivity index (χ1v) is 6.93. The molecule has 1 heterocycles. The van der Waals surface area contributed by atoms with E-state index in [1.807, 2.05) is 32.0 Å². The molecule has 1 aromatic heterocycles. The van der Waals surface area contributed by atoms with E-state index in [9.17, 15) is 13.2 Å². The molecule has 2 aromatic rings. The number of nitrogens with two attached hydrogens (primary N) is 1. The fourth-order valence-corrected chi connectivity index (χ4v) is 2.66. The molecule has 0 radical (unpaired) electrons. The van der Waals surface area contributed by atoms with Crippen molar-refractivity contribution < 1.29 is 13.2 Å². The molecule has 1 atom stereocenters. The van der Waals surface area contributed by atoms with E-state index in [4.69, 9.17) is 5.73 Å². The maximum Gasteiger partial charge on any atom is 0.443 e. The van der Waals surface area contributed by atoms with E-state index in [0.717, 1.165) is 11.1 Å². The molecule has 0 aliphatic rings. The first-order chi connectivity index (χ1) is 9.27. The highest BCUT2D eigenvalue weighted by Gasteiger charge is 2.35. The van der Waals surface area contributed by atoms with Crippen LogP contribution in [0, 0.1) is 13.8 Å². The van der Waals surface area contributed by atoms with Crippen LogP contribution in [0.5, 0.6) is 0 Å². The molecule has 1 unspecified atom stereocenters. The summed E-state index contributed by atoms with van der Waals surface area (Å²) in [6, 6.07) is 5.49. The topological polar surface area (TPSA) is 38.9 Å². The van der Waals surface area contributed by atoms with Gasteiger partial charge in [-0.3, -0.25) is 0 Å². The number of halogens is 3. The SMILES string of the molecule is Cc1ccc(CC(N)c2cnc(C(F)(F)F)s2)cc1C. The predicted molar refractivity (Wildman–Crippen MR) is 73.7 cm³/mol. The van der Waals surface area contributed by atoms with Crippen LogP contribution in [0.1, 0.15) is 32.6 Å². The molecule has 0 spiro atoms. The molecule has 20 heavy (non-hydrogen) atoms. The molecule has 2 rings (SSSR count). The number of hydrogen-bond donors (Lipinski definition) is 1. The smallest absolute Gasteiger partial charge is 0.323 e. The van der Waals surface area contributed by atoms with Gasteiger partial charge in [-0.1, -0.05) is 18.2 Å². The molecule has 108 valence electrons. The van der Waals surface area contributed by atoms with Crippen LogP contribution < -0.4 is 5.73 Å². The predicted octanol–water partition coefficient (Wildman–Crippen LogP) is 4.02. The normalized spacial score (nSPS) is 13.5. The minimum Gasteiger partial charge on any atom is -0.323 e. The number of nitrogens with zero attached hydrogens (tertiary/aromatic N) is 1.